The Labute approximate surface area is 180 Å². The Hall–Kier alpha value is -2.90. The van der Waals surface area contributed by atoms with Crippen molar-refractivity contribution in [2.45, 2.75) is 24.5 Å². The fraction of sp³-hybridized carbons (Fsp3) is 0.368. The van der Waals surface area contributed by atoms with E-state index in [0.717, 1.165) is 15.3 Å². The third-order valence-corrected chi connectivity index (χ3v) is 6.13. The number of rotatable bonds is 7. The number of hydrogen-bond donors (Lipinski definition) is 5. The number of thiazole rings is 1. The summed E-state index contributed by atoms with van der Waals surface area (Å²) in [6.45, 7) is 0.800. The van der Waals surface area contributed by atoms with Gasteiger partial charge in [-0.15, -0.1) is 0 Å². The van der Waals surface area contributed by atoms with Gasteiger partial charge in [-0.25, -0.2) is 19.9 Å². The van der Waals surface area contributed by atoms with Gasteiger partial charge in [0.05, 0.1) is 23.2 Å². The van der Waals surface area contributed by atoms with Crippen LogP contribution < -0.4 is 10.6 Å². The number of nitrogens with one attached hydrogen (secondary N) is 2. The lowest BCUT2D eigenvalue weighted by Gasteiger charge is -2.16. The average molecular weight is 443 g/mol. The summed E-state index contributed by atoms with van der Waals surface area (Å²) in [7, 11) is 0. The molecule has 0 unspecified atom stereocenters. The smallest absolute Gasteiger partial charge is 0.183 e. The van der Waals surface area contributed by atoms with Crippen LogP contribution in [0.1, 0.15) is 6.23 Å². The van der Waals surface area contributed by atoms with Crippen LogP contribution in [0, 0.1) is 0 Å². The second-order valence-electron chi connectivity index (χ2n) is 7.12. The molecular weight excluding hydrogens is 422 g/mol. The van der Waals surface area contributed by atoms with Crippen LogP contribution in [-0.4, -0.2) is 77.8 Å². The summed E-state index contributed by atoms with van der Waals surface area (Å²) in [6.07, 6.45) is -1.31. The first-order valence-electron chi connectivity index (χ1n) is 9.79. The van der Waals surface area contributed by atoms with E-state index in [1.165, 1.54) is 17.2 Å². The summed E-state index contributed by atoms with van der Waals surface area (Å²) < 4.78 is 8.24. The molecule has 1 aliphatic heterocycles. The Bertz CT molecular complexity index is 1170. The molecule has 4 heterocycles. The van der Waals surface area contributed by atoms with Crippen LogP contribution in [0.2, 0.25) is 0 Å². The molecule has 4 atom stereocenters. The van der Waals surface area contributed by atoms with Crippen molar-refractivity contribution in [3.05, 3.63) is 36.9 Å². The molecule has 12 heteroatoms. The number of imidazole rings is 1. The lowest BCUT2D eigenvalue weighted by molar-refractivity contribution is -0.0511. The van der Waals surface area contributed by atoms with Gasteiger partial charge >= 0.3 is 0 Å². The minimum Gasteiger partial charge on any atom is -0.394 e. The SMILES string of the molecule is OC[C@H]1O[C@@H](n2cnc3c(NCCNc4nc5ccccc5s4)ncnc32)[C@H](O)[C@@H]1O. The topological polar surface area (TPSA) is 150 Å². The number of aliphatic hydroxyl groups excluding tert-OH is 3. The van der Waals surface area contributed by atoms with E-state index in [0.29, 0.717) is 30.1 Å². The molecule has 31 heavy (non-hydrogen) atoms. The molecule has 162 valence electrons. The predicted octanol–water partition coefficient (Wildman–Crippen LogP) is 0.571. The number of aliphatic hydroxyl groups is 3. The Morgan fingerprint density at radius 2 is 1.90 bits per heavy atom. The van der Waals surface area contributed by atoms with E-state index < -0.39 is 31.1 Å². The van der Waals surface area contributed by atoms with Crippen molar-refractivity contribution >= 4 is 43.7 Å². The molecule has 5 N–H and O–H groups in total. The van der Waals surface area contributed by atoms with Gasteiger partial charge in [0.2, 0.25) is 0 Å². The van der Waals surface area contributed by atoms with Gasteiger partial charge in [-0.3, -0.25) is 4.57 Å². The summed E-state index contributed by atoms with van der Waals surface area (Å²) in [5.74, 6) is 0.543. The largest absolute Gasteiger partial charge is 0.394 e. The van der Waals surface area contributed by atoms with Gasteiger partial charge in [0.15, 0.2) is 28.3 Å². The molecule has 1 saturated heterocycles. The summed E-state index contributed by atoms with van der Waals surface area (Å²) in [5.41, 5.74) is 1.93. The van der Waals surface area contributed by atoms with Crippen molar-refractivity contribution in [2.24, 2.45) is 0 Å². The molecule has 4 aromatic rings. The second kappa shape index (κ2) is 8.32. The number of aromatic nitrogens is 5. The van der Waals surface area contributed by atoms with Crippen molar-refractivity contribution in [1.82, 2.24) is 24.5 Å². The lowest BCUT2D eigenvalue weighted by Crippen LogP contribution is -2.33. The first-order chi connectivity index (χ1) is 15.2. The molecule has 11 nitrogen and oxygen atoms in total. The number of hydrogen-bond acceptors (Lipinski definition) is 11. The normalized spacial score (nSPS) is 23.6. The zero-order valence-electron chi connectivity index (χ0n) is 16.3. The van der Waals surface area contributed by atoms with Crippen molar-refractivity contribution in [3.8, 4) is 0 Å². The molecule has 3 aromatic heterocycles. The van der Waals surface area contributed by atoms with Gasteiger partial charge in [0.1, 0.15) is 24.6 Å². The van der Waals surface area contributed by atoms with E-state index in [2.05, 4.69) is 30.6 Å². The highest BCUT2D eigenvalue weighted by Gasteiger charge is 2.44. The van der Waals surface area contributed by atoms with Crippen LogP contribution >= 0.6 is 11.3 Å². The maximum absolute atomic E-state index is 10.3. The van der Waals surface area contributed by atoms with Crippen LogP contribution in [-0.2, 0) is 4.74 Å². The molecule has 1 fully saturated rings. The summed E-state index contributed by atoms with van der Waals surface area (Å²) in [6, 6.07) is 7.98. The zero-order valence-corrected chi connectivity index (χ0v) is 17.1. The van der Waals surface area contributed by atoms with E-state index >= 15 is 0 Å². The van der Waals surface area contributed by atoms with Crippen LogP contribution in [0.15, 0.2) is 36.9 Å². The first kappa shape index (κ1) is 20.0. The Balaban J connectivity index is 1.26. The van der Waals surface area contributed by atoms with Gasteiger partial charge in [-0.05, 0) is 12.1 Å². The average Bonchev–Trinajstić information content (AvgIpc) is 3.47. The number of fused-ring (bicyclic) bond motifs is 2. The third kappa shape index (κ3) is 3.68. The Kier molecular flexibility index (Phi) is 5.38. The molecule has 1 aliphatic rings. The monoisotopic (exact) mass is 443 g/mol. The highest BCUT2D eigenvalue weighted by molar-refractivity contribution is 7.22. The molecule has 0 bridgehead atoms. The number of benzene rings is 1. The van der Waals surface area contributed by atoms with Gasteiger partial charge in [0, 0.05) is 13.1 Å². The van der Waals surface area contributed by atoms with E-state index in [1.807, 2.05) is 24.3 Å². The third-order valence-electron chi connectivity index (χ3n) is 5.14. The molecular formula is C19H21N7O4S. The highest BCUT2D eigenvalue weighted by Crippen LogP contribution is 2.32. The number of nitrogens with zero attached hydrogens (tertiary/aromatic N) is 5. The fourth-order valence-electron chi connectivity index (χ4n) is 3.58. The van der Waals surface area contributed by atoms with Gasteiger partial charge < -0.3 is 30.7 Å². The molecule has 5 rings (SSSR count). The standard InChI is InChI=1S/C19H21N7O4S/c27-7-11-14(28)15(29)18(30-11)26-9-24-13-16(22-8-23-17(13)26)20-5-6-21-19-25-10-3-1-2-4-12(10)31-19/h1-4,8-9,11,14-15,18,27-29H,5-7H2,(H,21,25)(H,20,22,23)/t11-,14-,15-,18-/m1/s1. The number of ether oxygens (including phenoxy) is 1. The molecule has 0 amide bonds. The van der Waals surface area contributed by atoms with Crippen LogP contribution in [0.3, 0.4) is 0 Å². The van der Waals surface area contributed by atoms with Gasteiger partial charge in [-0.2, -0.15) is 0 Å². The van der Waals surface area contributed by atoms with Crippen molar-refractivity contribution in [3.63, 3.8) is 0 Å². The quantitative estimate of drug-likeness (QED) is 0.257. The van der Waals surface area contributed by atoms with Crippen LogP contribution in [0.25, 0.3) is 21.4 Å². The van der Waals surface area contributed by atoms with Crippen molar-refractivity contribution in [2.75, 3.05) is 30.3 Å². The van der Waals surface area contributed by atoms with E-state index in [9.17, 15) is 15.3 Å². The zero-order chi connectivity index (χ0) is 21.4. The number of para-hydroxylation sites is 1. The Morgan fingerprint density at radius 3 is 2.71 bits per heavy atom. The number of anilines is 2. The summed E-state index contributed by atoms with van der Waals surface area (Å²) in [5, 5.41) is 37.0. The van der Waals surface area contributed by atoms with E-state index in [1.54, 1.807) is 11.3 Å². The highest BCUT2D eigenvalue weighted by atomic mass is 32.1. The lowest BCUT2D eigenvalue weighted by atomic mass is 10.1. The molecule has 0 saturated carbocycles. The van der Waals surface area contributed by atoms with Crippen LogP contribution in [0.5, 0.6) is 0 Å². The maximum Gasteiger partial charge on any atom is 0.183 e. The van der Waals surface area contributed by atoms with Crippen molar-refractivity contribution in [1.29, 1.82) is 0 Å². The molecule has 1 aromatic carbocycles. The summed E-state index contributed by atoms with van der Waals surface area (Å²) in [4.78, 5) is 17.4. The fourth-order valence-corrected chi connectivity index (χ4v) is 4.47. The van der Waals surface area contributed by atoms with Gasteiger partial charge in [-0.1, -0.05) is 23.5 Å². The molecule has 0 radical (unpaired) electrons. The maximum atomic E-state index is 10.3. The van der Waals surface area contributed by atoms with Gasteiger partial charge in [0.25, 0.3) is 0 Å². The van der Waals surface area contributed by atoms with Crippen LogP contribution in [0.4, 0.5) is 10.9 Å². The summed E-state index contributed by atoms with van der Waals surface area (Å²) >= 11 is 1.60. The minimum absolute atomic E-state index is 0.398. The first-order valence-corrected chi connectivity index (χ1v) is 10.6. The predicted molar refractivity (Wildman–Crippen MR) is 115 cm³/mol. The van der Waals surface area contributed by atoms with Crippen molar-refractivity contribution < 1.29 is 20.1 Å². The second-order valence-corrected chi connectivity index (χ2v) is 8.15. The van der Waals surface area contributed by atoms with E-state index in [4.69, 9.17) is 4.74 Å². The molecule has 0 spiro atoms. The Morgan fingerprint density at radius 1 is 1.06 bits per heavy atom. The van der Waals surface area contributed by atoms with E-state index in [-0.39, 0.29) is 0 Å². The molecule has 0 aliphatic carbocycles. The minimum atomic E-state index is -1.21.